The maximum atomic E-state index is 11.9. The van der Waals surface area contributed by atoms with E-state index in [1.54, 1.807) is 19.1 Å². The van der Waals surface area contributed by atoms with E-state index in [-0.39, 0.29) is 12.1 Å². The van der Waals surface area contributed by atoms with Crippen LogP contribution in [-0.4, -0.2) is 60.3 Å². The van der Waals surface area contributed by atoms with Gasteiger partial charge >= 0.3 is 6.09 Å². The zero-order valence-electron chi connectivity index (χ0n) is 17.9. The third kappa shape index (κ3) is 4.51. The monoisotopic (exact) mass is 442 g/mol. The zero-order chi connectivity index (χ0) is 21.8. The summed E-state index contributed by atoms with van der Waals surface area (Å²) in [5.74, 6) is 1.37. The molecule has 3 aromatic rings. The lowest BCUT2D eigenvalue weighted by Gasteiger charge is -2.31. The molecule has 0 spiro atoms. The average Bonchev–Trinajstić information content (AvgIpc) is 3.21. The third-order valence-corrected chi connectivity index (χ3v) is 6.17. The number of methoxy groups -OCH3 is 2. The molecule has 8 nitrogen and oxygen atoms in total. The van der Waals surface area contributed by atoms with Crippen molar-refractivity contribution in [3.05, 3.63) is 30.5 Å². The quantitative estimate of drug-likeness (QED) is 0.605. The number of rotatable bonds is 6. The van der Waals surface area contributed by atoms with Crippen LogP contribution in [0.3, 0.4) is 0 Å². The van der Waals surface area contributed by atoms with Gasteiger partial charge in [-0.2, -0.15) is 4.37 Å². The molecule has 1 aromatic carbocycles. The van der Waals surface area contributed by atoms with Crippen LogP contribution in [0, 0.1) is 0 Å². The maximum Gasteiger partial charge on any atom is 0.409 e. The Labute approximate surface area is 185 Å². The van der Waals surface area contributed by atoms with E-state index < -0.39 is 0 Å². The first-order chi connectivity index (χ1) is 15.1. The van der Waals surface area contributed by atoms with Crippen molar-refractivity contribution in [1.29, 1.82) is 0 Å². The van der Waals surface area contributed by atoms with Crippen LogP contribution < -0.4 is 14.8 Å². The number of ether oxygens (including phenoxy) is 3. The second-order valence-electron chi connectivity index (χ2n) is 7.28. The van der Waals surface area contributed by atoms with E-state index in [1.807, 2.05) is 37.4 Å². The third-order valence-electron chi connectivity index (χ3n) is 5.39. The molecule has 1 aliphatic heterocycles. The highest BCUT2D eigenvalue weighted by Gasteiger charge is 2.24. The molecule has 1 saturated heterocycles. The molecule has 9 heteroatoms. The minimum Gasteiger partial charge on any atom is -0.493 e. The lowest BCUT2D eigenvalue weighted by atomic mass is 10.1. The number of amides is 1. The van der Waals surface area contributed by atoms with Gasteiger partial charge in [0.25, 0.3) is 0 Å². The standard InChI is InChI=1S/C22H26N4O4S/c1-4-30-22(27)26-9-7-16(8-10-26)24-21-20-17(25-31-21)11-15(13-23-20)14-5-6-18(28-2)19(12-14)29-3/h5-6,11-13,16,24H,4,7-10H2,1-3H3. The molecule has 0 saturated carbocycles. The lowest BCUT2D eigenvalue weighted by molar-refractivity contribution is 0.0983. The summed E-state index contributed by atoms with van der Waals surface area (Å²) < 4.78 is 20.4. The first kappa shape index (κ1) is 21.2. The second kappa shape index (κ2) is 9.38. The fourth-order valence-electron chi connectivity index (χ4n) is 3.71. The Morgan fingerprint density at radius 2 is 1.94 bits per heavy atom. The number of nitrogens with one attached hydrogen (secondary N) is 1. The Morgan fingerprint density at radius 1 is 1.16 bits per heavy atom. The van der Waals surface area contributed by atoms with Gasteiger partial charge in [-0.15, -0.1) is 0 Å². The molecule has 0 radical (unpaired) electrons. The average molecular weight is 443 g/mol. The van der Waals surface area contributed by atoms with Crippen LogP contribution in [0.5, 0.6) is 11.5 Å². The predicted octanol–water partition coefficient (Wildman–Crippen LogP) is 4.41. The number of carbonyl (C=O) groups is 1. The van der Waals surface area contributed by atoms with Gasteiger partial charge < -0.3 is 24.4 Å². The van der Waals surface area contributed by atoms with Crippen LogP contribution in [-0.2, 0) is 4.74 Å². The molecule has 0 aliphatic carbocycles. The van der Waals surface area contributed by atoms with E-state index in [9.17, 15) is 4.79 Å². The number of anilines is 1. The Bertz CT molecular complexity index is 1060. The molecule has 164 valence electrons. The molecule has 0 unspecified atom stereocenters. The van der Waals surface area contributed by atoms with E-state index in [2.05, 4.69) is 14.7 Å². The van der Waals surface area contributed by atoms with Gasteiger partial charge in [0.1, 0.15) is 16.0 Å². The molecule has 0 atom stereocenters. The van der Waals surface area contributed by atoms with Gasteiger partial charge in [-0.3, -0.25) is 4.98 Å². The molecule has 0 bridgehead atoms. The number of fused-ring (bicyclic) bond motifs is 1. The van der Waals surface area contributed by atoms with Crippen LogP contribution in [0.4, 0.5) is 9.80 Å². The maximum absolute atomic E-state index is 11.9. The van der Waals surface area contributed by atoms with E-state index >= 15 is 0 Å². The fourth-order valence-corrected chi connectivity index (χ4v) is 4.50. The Balaban J connectivity index is 1.47. The molecular formula is C22H26N4O4S. The molecule has 2 aromatic heterocycles. The minimum atomic E-state index is -0.228. The van der Waals surface area contributed by atoms with Crippen LogP contribution >= 0.6 is 11.5 Å². The van der Waals surface area contributed by atoms with Crippen molar-refractivity contribution in [3.8, 4) is 22.6 Å². The van der Waals surface area contributed by atoms with Crippen LogP contribution in [0.1, 0.15) is 19.8 Å². The normalized spacial score (nSPS) is 14.5. The molecule has 4 rings (SSSR count). The van der Waals surface area contributed by atoms with Crippen molar-refractivity contribution >= 4 is 33.7 Å². The van der Waals surface area contributed by atoms with Crippen molar-refractivity contribution in [2.45, 2.75) is 25.8 Å². The summed E-state index contributed by atoms with van der Waals surface area (Å²) in [6, 6.07) is 8.11. The summed E-state index contributed by atoms with van der Waals surface area (Å²) in [5.41, 5.74) is 3.67. The smallest absolute Gasteiger partial charge is 0.409 e. The van der Waals surface area contributed by atoms with Crippen molar-refractivity contribution < 1.29 is 19.0 Å². The van der Waals surface area contributed by atoms with Gasteiger partial charge in [-0.05, 0) is 55.1 Å². The van der Waals surface area contributed by atoms with Crippen LogP contribution in [0.2, 0.25) is 0 Å². The van der Waals surface area contributed by atoms with Crippen molar-refractivity contribution in [3.63, 3.8) is 0 Å². The number of benzene rings is 1. The highest BCUT2D eigenvalue weighted by molar-refractivity contribution is 7.11. The van der Waals surface area contributed by atoms with E-state index in [1.165, 1.54) is 11.5 Å². The zero-order valence-corrected chi connectivity index (χ0v) is 18.7. The summed E-state index contributed by atoms with van der Waals surface area (Å²) >= 11 is 1.42. The number of carbonyl (C=O) groups excluding carboxylic acids is 1. The SMILES string of the molecule is CCOC(=O)N1CCC(Nc2snc3cc(-c4ccc(OC)c(OC)c4)cnc23)CC1. The number of pyridine rings is 1. The van der Waals surface area contributed by atoms with Gasteiger partial charge in [-0.1, -0.05) is 6.07 Å². The van der Waals surface area contributed by atoms with Gasteiger partial charge in [0, 0.05) is 30.9 Å². The number of aromatic nitrogens is 2. The van der Waals surface area contributed by atoms with Crippen LogP contribution in [0.15, 0.2) is 30.5 Å². The molecule has 31 heavy (non-hydrogen) atoms. The first-order valence-electron chi connectivity index (χ1n) is 10.3. The highest BCUT2D eigenvalue weighted by Crippen LogP contribution is 2.35. The van der Waals surface area contributed by atoms with E-state index in [0.717, 1.165) is 40.0 Å². The van der Waals surface area contributed by atoms with E-state index in [4.69, 9.17) is 14.2 Å². The summed E-state index contributed by atoms with van der Waals surface area (Å²) in [6.45, 7) is 3.60. The van der Waals surface area contributed by atoms with Gasteiger partial charge in [0.05, 0.1) is 20.8 Å². The van der Waals surface area contributed by atoms with Crippen LogP contribution in [0.25, 0.3) is 22.2 Å². The second-order valence-corrected chi connectivity index (χ2v) is 8.05. The molecule has 1 fully saturated rings. The van der Waals surface area contributed by atoms with Crippen molar-refractivity contribution in [1.82, 2.24) is 14.3 Å². The number of hydrogen-bond acceptors (Lipinski definition) is 8. The molecule has 1 amide bonds. The topological polar surface area (TPSA) is 85.8 Å². The van der Waals surface area contributed by atoms with Gasteiger partial charge in [-0.25, -0.2) is 4.79 Å². The predicted molar refractivity (Wildman–Crippen MR) is 121 cm³/mol. The van der Waals surface area contributed by atoms with Gasteiger partial charge in [0.2, 0.25) is 0 Å². The summed E-state index contributed by atoms with van der Waals surface area (Å²) in [4.78, 5) is 18.3. The van der Waals surface area contributed by atoms with Gasteiger partial charge in [0.15, 0.2) is 11.5 Å². The fraction of sp³-hybridized carbons (Fsp3) is 0.409. The summed E-state index contributed by atoms with van der Waals surface area (Å²) in [6.07, 6.45) is 3.35. The molecule has 3 heterocycles. The minimum absolute atomic E-state index is 0.228. The Hall–Kier alpha value is -3.07. The molecule has 1 aliphatic rings. The number of hydrogen-bond donors (Lipinski definition) is 1. The molecular weight excluding hydrogens is 416 g/mol. The Kier molecular flexibility index (Phi) is 6.41. The highest BCUT2D eigenvalue weighted by atomic mass is 32.1. The summed E-state index contributed by atoms with van der Waals surface area (Å²) in [7, 11) is 3.24. The lowest BCUT2D eigenvalue weighted by Crippen LogP contribution is -2.42. The van der Waals surface area contributed by atoms with E-state index in [0.29, 0.717) is 31.2 Å². The molecule has 1 N–H and O–H groups in total. The summed E-state index contributed by atoms with van der Waals surface area (Å²) in [5, 5.41) is 4.53. The van der Waals surface area contributed by atoms with Crippen molar-refractivity contribution in [2.24, 2.45) is 0 Å². The number of nitrogens with zero attached hydrogens (tertiary/aromatic N) is 3. The number of piperidine rings is 1. The van der Waals surface area contributed by atoms with Crippen molar-refractivity contribution in [2.75, 3.05) is 39.2 Å². The number of likely N-dealkylation sites (tertiary alicyclic amines) is 1. The first-order valence-corrected chi connectivity index (χ1v) is 11.1. The Morgan fingerprint density at radius 3 is 2.65 bits per heavy atom. The largest absolute Gasteiger partial charge is 0.493 e.